The molecule has 2 amide bonds. The molecule has 3 aromatic rings. The average Bonchev–Trinajstić information content (AvgIpc) is 3.33. The van der Waals surface area contributed by atoms with Gasteiger partial charge in [-0.1, -0.05) is 41.4 Å². The van der Waals surface area contributed by atoms with E-state index >= 15 is 0 Å². The Labute approximate surface area is 184 Å². The van der Waals surface area contributed by atoms with Crippen LogP contribution in [-0.2, 0) is 17.9 Å². The summed E-state index contributed by atoms with van der Waals surface area (Å²) in [4.78, 5) is 26.5. The summed E-state index contributed by atoms with van der Waals surface area (Å²) >= 11 is 12.2. The van der Waals surface area contributed by atoms with Crippen molar-refractivity contribution in [2.75, 3.05) is 11.9 Å². The molecule has 2 heterocycles. The van der Waals surface area contributed by atoms with Gasteiger partial charge >= 0.3 is 0 Å². The maximum absolute atomic E-state index is 12.8. The van der Waals surface area contributed by atoms with Crippen LogP contribution in [0.4, 0.5) is 5.82 Å². The van der Waals surface area contributed by atoms with Gasteiger partial charge < -0.3 is 10.2 Å². The number of halogens is 2. The van der Waals surface area contributed by atoms with Crippen LogP contribution in [0.25, 0.3) is 0 Å². The molecule has 0 unspecified atom stereocenters. The molecule has 0 radical (unpaired) electrons. The maximum atomic E-state index is 12.8. The lowest BCUT2D eigenvalue weighted by molar-refractivity contribution is -0.128. The molecule has 2 aromatic carbocycles. The van der Waals surface area contributed by atoms with E-state index in [2.05, 4.69) is 10.4 Å². The Morgan fingerprint density at radius 1 is 1.10 bits per heavy atom. The van der Waals surface area contributed by atoms with E-state index in [0.29, 0.717) is 40.9 Å². The van der Waals surface area contributed by atoms with Crippen LogP contribution >= 0.6 is 23.2 Å². The minimum Gasteiger partial charge on any atom is -0.338 e. The van der Waals surface area contributed by atoms with Crippen LogP contribution in [0.1, 0.15) is 34.3 Å². The normalized spacial score (nSPS) is 13.7. The Kier molecular flexibility index (Phi) is 6.06. The number of anilines is 1. The third-order valence-corrected chi connectivity index (χ3v) is 5.61. The van der Waals surface area contributed by atoms with Crippen LogP contribution in [0.3, 0.4) is 0 Å². The summed E-state index contributed by atoms with van der Waals surface area (Å²) in [6.07, 6.45) is 3.11. The topological polar surface area (TPSA) is 67.2 Å². The Morgan fingerprint density at radius 3 is 2.73 bits per heavy atom. The fraction of sp³-hybridized carbons (Fsp3) is 0.227. The van der Waals surface area contributed by atoms with Crippen molar-refractivity contribution in [2.45, 2.75) is 25.9 Å². The first-order valence-corrected chi connectivity index (χ1v) is 10.4. The van der Waals surface area contributed by atoms with E-state index in [-0.39, 0.29) is 11.8 Å². The van der Waals surface area contributed by atoms with Gasteiger partial charge in [-0.05, 0) is 41.8 Å². The zero-order valence-electron chi connectivity index (χ0n) is 16.1. The molecule has 4 rings (SSSR count). The molecule has 1 saturated heterocycles. The first-order chi connectivity index (χ1) is 14.5. The van der Waals surface area contributed by atoms with E-state index in [0.717, 1.165) is 24.1 Å². The van der Waals surface area contributed by atoms with Crippen LogP contribution in [0.5, 0.6) is 0 Å². The Morgan fingerprint density at radius 2 is 1.97 bits per heavy atom. The molecule has 0 aliphatic carbocycles. The molecule has 1 aromatic heterocycles. The lowest BCUT2D eigenvalue weighted by atomic mass is 10.1. The zero-order valence-corrected chi connectivity index (χ0v) is 17.7. The lowest BCUT2D eigenvalue weighted by Gasteiger charge is -2.16. The highest BCUT2D eigenvalue weighted by atomic mass is 35.5. The molecular weight excluding hydrogens is 423 g/mol. The average molecular weight is 443 g/mol. The van der Waals surface area contributed by atoms with E-state index in [1.807, 2.05) is 29.2 Å². The van der Waals surface area contributed by atoms with Crippen molar-refractivity contribution in [3.63, 3.8) is 0 Å². The molecule has 8 heteroatoms. The van der Waals surface area contributed by atoms with Crippen LogP contribution in [0.15, 0.2) is 54.7 Å². The van der Waals surface area contributed by atoms with Crippen LogP contribution < -0.4 is 5.32 Å². The van der Waals surface area contributed by atoms with Gasteiger partial charge in [0.1, 0.15) is 5.82 Å². The van der Waals surface area contributed by atoms with Gasteiger partial charge in [-0.25, -0.2) is 4.68 Å². The highest BCUT2D eigenvalue weighted by Crippen LogP contribution is 2.23. The van der Waals surface area contributed by atoms with Gasteiger partial charge in [-0.15, -0.1) is 0 Å². The molecule has 6 nitrogen and oxygen atoms in total. The molecular formula is C22H20Cl2N4O2. The van der Waals surface area contributed by atoms with Crippen LogP contribution in [0, 0.1) is 0 Å². The number of benzene rings is 2. The molecule has 0 saturated carbocycles. The SMILES string of the molecule is O=C(Nc1ccnn1Cc1ccc(Cl)cc1Cl)c1cccc(CN2CCCC2=O)c1. The van der Waals surface area contributed by atoms with E-state index in [4.69, 9.17) is 23.2 Å². The van der Waals surface area contributed by atoms with Crippen molar-refractivity contribution < 1.29 is 9.59 Å². The van der Waals surface area contributed by atoms with E-state index in [9.17, 15) is 9.59 Å². The number of likely N-dealkylation sites (tertiary alicyclic amines) is 1. The summed E-state index contributed by atoms with van der Waals surface area (Å²) in [5.74, 6) is 0.481. The highest BCUT2D eigenvalue weighted by molar-refractivity contribution is 6.35. The fourth-order valence-electron chi connectivity index (χ4n) is 3.47. The first kappa shape index (κ1) is 20.4. The quantitative estimate of drug-likeness (QED) is 0.605. The summed E-state index contributed by atoms with van der Waals surface area (Å²) in [5, 5.41) is 8.29. The fourth-order valence-corrected chi connectivity index (χ4v) is 3.94. The number of rotatable bonds is 6. The van der Waals surface area contributed by atoms with Gasteiger partial charge in [-0.2, -0.15) is 5.10 Å². The largest absolute Gasteiger partial charge is 0.338 e. The number of nitrogens with one attached hydrogen (secondary N) is 1. The number of nitrogens with zero attached hydrogens (tertiary/aromatic N) is 3. The second-order valence-corrected chi connectivity index (χ2v) is 8.03. The second kappa shape index (κ2) is 8.90. The van der Waals surface area contributed by atoms with Crippen molar-refractivity contribution in [1.82, 2.24) is 14.7 Å². The van der Waals surface area contributed by atoms with Gasteiger partial charge in [0.05, 0.1) is 12.7 Å². The Bertz CT molecular complexity index is 1100. The highest BCUT2D eigenvalue weighted by Gasteiger charge is 2.20. The molecule has 1 N–H and O–H groups in total. The minimum atomic E-state index is -0.242. The van der Waals surface area contributed by atoms with Crippen molar-refractivity contribution >= 4 is 40.8 Å². The molecule has 30 heavy (non-hydrogen) atoms. The summed E-state index contributed by atoms with van der Waals surface area (Å²) in [6.45, 7) is 1.68. The second-order valence-electron chi connectivity index (χ2n) is 7.18. The van der Waals surface area contributed by atoms with E-state index < -0.39 is 0 Å². The number of amides is 2. The summed E-state index contributed by atoms with van der Waals surface area (Å²) in [5.41, 5.74) is 2.30. The predicted octanol–water partition coefficient (Wildman–Crippen LogP) is 4.61. The third kappa shape index (κ3) is 4.66. The smallest absolute Gasteiger partial charge is 0.256 e. The molecule has 1 fully saturated rings. The van der Waals surface area contributed by atoms with Crippen molar-refractivity contribution in [2.24, 2.45) is 0 Å². The molecule has 0 atom stereocenters. The van der Waals surface area contributed by atoms with Gasteiger partial charge in [0.15, 0.2) is 0 Å². The number of hydrogen-bond acceptors (Lipinski definition) is 3. The van der Waals surface area contributed by atoms with Crippen LogP contribution in [-0.4, -0.2) is 33.0 Å². The van der Waals surface area contributed by atoms with Gasteiger partial charge in [0, 0.05) is 41.2 Å². The monoisotopic (exact) mass is 442 g/mol. The summed E-state index contributed by atoms with van der Waals surface area (Å²) < 4.78 is 1.67. The van der Waals surface area contributed by atoms with Crippen molar-refractivity contribution in [3.05, 3.63) is 81.5 Å². The van der Waals surface area contributed by atoms with Crippen LogP contribution in [0.2, 0.25) is 10.0 Å². The molecule has 0 spiro atoms. The van der Waals surface area contributed by atoms with Gasteiger partial charge in [0.25, 0.3) is 5.91 Å². The maximum Gasteiger partial charge on any atom is 0.256 e. The molecule has 154 valence electrons. The predicted molar refractivity (Wildman–Crippen MR) is 117 cm³/mol. The lowest BCUT2D eigenvalue weighted by Crippen LogP contribution is -2.24. The first-order valence-electron chi connectivity index (χ1n) is 9.63. The molecule has 1 aliphatic heterocycles. The number of carbonyl (C=O) groups excluding carboxylic acids is 2. The third-order valence-electron chi connectivity index (χ3n) is 5.03. The summed E-state index contributed by atoms with van der Waals surface area (Å²) in [6, 6.07) is 14.3. The number of aromatic nitrogens is 2. The molecule has 1 aliphatic rings. The Balaban J connectivity index is 1.46. The van der Waals surface area contributed by atoms with Crippen molar-refractivity contribution in [3.8, 4) is 0 Å². The number of hydrogen-bond donors (Lipinski definition) is 1. The Hall–Kier alpha value is -2.83. The molecule has 0 bridgehead atoms. The van der Waals surface area contributed by atoms with E-state index in [1.165, 1.54) is 0 Å². The van der Waals surface area contributed by atoms with Crippen molar-refractivity contribution in [1.29, 1.82) is 0 Å². The summed E-state index contributed by atoms with van der Waals surface area (Å²) in [7, 11) is 0. The standard InChI is InChI=1S/C22H20Cl2N4O2/c23-18-7-6-17(19(24)12-18)14-28-20(8-9-25-28)26-22(30)16-4-1-3-15(11-16)13-27-10-2-5-21(27)29/h1,3-4,6-9,11-12H,2,5,10,13-14H2,(H,26,30). The minimum absolute atomic E-state index is 0.162. The number of carbonyl (C=O) groups is 2. The van der Waals surface area contributed by atoms with Gasteiger partial charge in [-0.3, -0.25) is 9.59 Å². The zero-order chi connectivity index (χ0) is 21.1. The van der Waals surface area contributed by atoms with E-state index in [1.54, 1.807) is 35.1 Å². The van der Waals surface area contributed by atoms with Gasteiger partial charge in [0.2, 0.25) is 5.91 Å².